The zero-order chi connectivity index (χ0) is 11.5. The Morgan fingerprint density at radius 1 is 1.47 bits per heavy atom. The molecule has 2 N–H and O–H groups in total. The average molecular weight is 222 g/mol. The van der Waals surface area contributed by atoms with E-state index in [1.807, 2.05) is 0 Å². The van der Waals surface area contributed by atoms with E-state index in [-0.39, 0.29) is 6.54 Å². The summed E-state index contributed by atoms with van der Waals surface area (Å²) in [5.41, 5.74) is 6.12. The molecule has 6 heteroatoms. The number of rotatable bonds is 4. The Labute approximate surface area is 85.6 Å². The van der Waals surface area contributed by atoms with Crippen LogP contribution in [0.25, 0.3) is 0 Å². The van der Waals surface area contributed by atoms with Crippen LogP contribution in [-0.4, -0.2) is 24.7 Å². The van der Waals surface area contributed by atoms with Crippen molar-refractivity contribution in [2.75, 3.05) is 13.6 Å². The largest absolute Gasteiger partial charge is 0.468 e. The van der Waals surface area contributed by atoms with Gasteiger partial charge in [-0.2, -0.15) is 13.2 Å². The second-order valence-electron chi connectivity index (χ2n) is 3.41. The average Bonchev–Trinajstić information content (AvgIpc) is 2.48. The van der Waals surface area contributed by atoms with Crippen LogP contribution in [0.3, 0.4) is 0 Å². The van der Waals surface area contributed by atoms with Crippen molar-refractivity contribution in [2.45, 2.75) is 19.3 Å². The van der Waals surface area contributed by atoms with E-state index < -0.39 is 12.7 Å². The molecular weight excluding hydrogens is 209 g/mol. The SMILES string of the molecule is CN(Cc1cc(CN)co1)CC(F)(F)F. The minimum absolute atomic E-state index is 0.125. The summed E-state index contributed by atoms with van der Waals surface area (Å²) in [5, 5.41) is 0. The lowest BCUT2D eigenvalue weighted by molar-refractivity contribution is -0.144. The first-order valence-electron chi connectivity index (χ1n) is 4.42. The first-order valence-corrected chi connectivity index (χ1v) is 4.42. The van der Waals surface area contributed by atoms with Gasteiger partial charge >= 0.3 is 6.18 Å². The molecule has 15 heavy (non-hydrogen) atoms. The fourth-order valence-corrected chi connectivity index (χ4v) is 1.24. The van der Waals surface area contributed by atoms with Gasteiger partial charge < -0.3 is 10.2 Å². The molecule has 0 spiro atoms. The Morgan fingerprint density at radius 2 is 2.13 bits per heavy atom. The van der Waals surface area contributed by atoms with Crippen LogP contribution in [0.4, 0.5) is 13.2 Å². The van der Waals surface area contributed by atoms with Crippen LogP contribution in [0, 0.1) is 0 Å². The fraction of sp³-hybridized carbons (Fsp3) is 0.556. The smallest absolute Gasteiger partial charge is 0.401 e. The van der Waals surface area contributed by atoms with Crippen LogP contribution in [0.2, 0.25) is 0 Å². The van der Waals surface area contributed by atoms with Gasteiger partial charge in [0.15, 0.2) is 0 Å². The third kappa shape index (κ3) is 4.35. The van der Waals surface area contributed by atoms with Gasteiger partial charge in [-0.05, 0) is 13.1 Å². The molecule has 1 aromatic rings. The first kappa shape index (κ1) is 12.1. The third-order valence-corrected chi connectivity index (χ3v) is 1.82. The standard InChI is InChI=1S/C9H13F3N2O/c1-14(6-9(10,11)12)4-8-2-7(3-13)5-15-8/h2,5H,3-4,6,13H2,1H3. The zero-order valence-electron chi connectivity index (χ0n) is 8.34. The Hall–Kier alpha value is -1.01. The Balaban J connectivity index is 2.47. The van der Waals surface area contributed by atoms with Crippen molar-refractivity contribution in [1.29, 1.82) is 0 Å². The van der Waals surface area contributed by atoms with Crippen LogP contribution < -0.4 is 5.73 Å². The van der Waals surface area contributed by atoms with Gasteiger partial charge in [0, 0.05) is 12.1 Å². The summed E-state index contributed by atoms with van der Waals surface area (Å²) in [5.74, 6) is 0.488. The van der Waals surface area contributed by atoms with Crippen molar-refractivity contribution < 1.29 is 17.6 Å². The van der Waals surface area contributed by atoms with Crippen molar-refractivity contribution in [1.82, 2.24) is 4.90 Å². The molecule has 0 atom stereocenters. The van der Waals surface area contributed by atoms with Gasteiger partial charge in [0.2, 0.25) is 0 Å². The molecule has 0 aliphatic heterocycles. The molecule has 0 radical (unpaired) electrons. The number of hydrogen-bond acceptors (Lipinski definition) is 3. The number of hydrogen-bond donors (Lipinski definition) is 1. The van der Waals surface area contributed by atoms with Gasteiger partial charge in [-0.1, -0.05) is 0 Å². The van der Waals surface area contributed by atoms with Crippen molar-refractivity contribution in [3.05, 3.63) is 23.7 Å². The van der Waals surface area contributed by atoms with Gasteiger partial charge in [0.05, 0.1) is 19.4 Å². The second kappa shape index (κ2) is 4.67. The van der Waals surface area contributed by atoms with E-state index in [1.165, 1.54) is 13.3 Å². The maximum atomic E-state index is 12.0. The minimum Gasteiger partial charge on any atom is -0.468 e. The van der Waals surface area contributed by atoms with Crippen LogP contribution in [0.15, 0.2) is 16.7 Å². The summed E-state index contributed by atoms with van der Waals surface area (Å²) < 4.78 is 41.0. The van der Waals surface area contributed by atoms with Gasteiger partial charge in [-0.3, -0.25) is 4.90 Å². The third-order valence-electron chi connectivity index (χ3n) is 1.82. The Bertz CT molecular complexity index is 309. The number of furan rings is 1. The summed E-state index contributed by atoms with van der Waals surface area (Å²) >= 11 is 0. The molecule has 0 unspecified atom stereocenters. The zero-order valence-corrected chi connectivity index (χ0v) is 8.34. The molecule has 0 saturated heterocycles. The predicted molar refractivity (Wildman–Crippen MR) is 49.0 cm³/mol. The summed E-state index contributed by atoms with van der Waals surface area (Å²) in [6.07, 6.45) is -2.73. The lowest BCUT2D eigenvalue weighted by Gasteiger charge is -2.16. The molecule has 0 fully saturated rings. The maximum absolute atomic E-state index is 12.0. The highest BCUT2D eigenvalue weighted by atomic mass is 19.4. The van der Waals surface area contributed by atoms with E-state index in [9.17, 15) is 13.2 Å². The lowest BCUT2D eigenvalue weighted by Crippen LogP contribution is -2.30. The molecule has 0 saturated carbocycles. The van der Waals surface area contributed by atoms with Gasteiger partial charge in [0.1, 0.15) is 5.76 Å². The molecule has 1 rings (SSSR count). The highest BCUT2D eigenvalue weighted by Crippen LogP contribution is 2.17. The highest BCUT2D eigenvalue weighted by Gasteiger charge is 2.29. The number of halogens is 3. The normalized spacial score (nSPS) is 12.4. The summed E-state index contributed by atoms with van der Waals surface area (Å²) in [4.78, 5) is 1.14. The molecule has 1 heterocycles. The second-order valence-corrected chi connectivity index (χ2v) is 3.41. The molecule has 1 aromatic heterocycles. The van der Waals surface area contributed by atoms with E-state index in [0.29, 0.717) is 12.3 Å². The summed E-state index contributed by atoms with van der Waals surface area (Å²) in [6, 6.07) is 1.66. The van der Waals surface area contributed by atoms with Crippen molar-refractivity contribution in [2.24, 2.45) is 5.73 Å². The van der Waals surface area contributed by atoms with E-state index in [4.69, 9.17) is 10.2 Å². The van der Waals surface area contributed by atoms with Crippen molar-refractivity contribution in [3.8, 4) is 0 Å². The molecule has 0 aromatic carbocycles. The van der Waals surface area contributed by atoms with Crippen LogP contribution in [0.1, 0.15) is 11.3 Å². The first-order chi connectivity index (χ1) is 6.90. The van der Waals surface area contributed by atoms with Crippen molar-refractivity contribution >= 4 is 0 Å². The molecule has 0 amide bonds. The van der Waals surface area contributed by atoms with Gasteiger partial charge in [-0.25, -0.2) is 0 Å². The summed E-state index contributed by atoms with van der Waals surface area (Å²) in [6.45, 7) is -0.502. The molecule has 0 aliphatic rings. The lowest BCUT2D eigenvalue weighted by atomic mass is 10.3. The topological polar surface area (TPSA) is 42.4 Å². The van der Waals surface area contributed by atoms with Gasteiger partial charge in [0.25, 0.3) is 0 Å². The molecule has 0 aliphatic carbocycles. The Morgan fingerprint density at radius 3 is 2.60 bits per heavy atom. The molecule has 0 bridgehead atoms. The highest BCUT2D eigenvalue weighted by molar-refractivity contribution is 5.12. The van der Waals surface area contributed by atoms with Gasteiger partial charge in [-0.15, -0.1) is 0 Å². The number of nitrogens with two attached hydrogens (primary N) is 1. The fourth-order valence-electron chi connectivity index (χ4n) is 1.24. The van der Waals surface area contributed by atoms with Crippen LogP contribution in [-0.2, 0) is 13.1 Å². The van der Waals surface area contributed by atoms with E-state index in [2.05, 4.69) is 0 Å². The monoisotopic (exact) mass is 222 g/mol. The number of nitrogens with zero attached hydrogens (tertiary/aromatic N) is 1. The summed E-state index contributed by atoms with van der Waals surface area (Å²) in [7, 11) is 1.39. The number of alkyl halides is 3. The van der Waals surface area contributed by atoms with E-state index in [0.717, 1.165) is 10.5 Å². The van der Waals surface area contributed by atoms with Crippen LogP contribution in [0.5, 0.6) is 0 Å². The maximum Gasteiger partial charge on any atom is 0.401 e. The quantitative estimate of drug-likeness (QED) is 0.843. The Kier molecular flexibility index (Phi) is 3.76. The molecule has 3 nitrogen and oxygen atoms in total. The molecular formula is C9H13F3N2O. The van der Waals surface area contributed by atoms with Crippen LogP contribution >= 0.6 is 0 Å². The van der Waals surface area contributed by atoms with E-state index >= 15 is 0 Å². The minimum atomic E-state index is -4.18. The van der Waals surface area contributed by atoms with E-state index in [1.54, 1.807) is 6.07 Å². The molecule has 86 valence electrons. The van der Waals surface area contributed by atoms with Crippen molar-refractivity contribution in [3.63, 3.8) is 0 Å². The predicted octanol–water partition coefficient (Wildman–Crippen LogP) is 1.73.